The number of hydrogen-bond donors (Lipinski definition) is 1. The first-order valence-electron chi connectivity index (χ1n) is 3.75. The van der Waals surface area contributed by atoms with Gasteiger partial charge in [0, 0.05) is 10.9 Å². The van der Waals surface area contributed by atoms with E-state index in [1.165, 1.54) is 6.08 Å². The third-order valence-corrected chi connectivity index (χ3v) is 2.10. The molecule has 0 spiro atoms. The fourth-order valence-corrected chi connectivity index (χ4v) is 0.905. The molecule has 0 aromatic rings. The number of allylic oxidation sites excluding steroid dienone is 1. The molecule has 12 heavy (non-hydrogen) atoms. The molecule has 2 atom stereocenters. The van der Waals surface area contributed by atoms with Gasteiger partial charge in [-0.15, -0.1) is 0 Å². The zero-order valence-corrected chi connectivity index (χ0v) is 8.19. The highest BCUT2D eigenvalue weighted by Gasteiger charge is 1.95. The van der Waals surface area contributed by atoms with E-state index >= 15 is 0 Å². The molecular weight excluding hydrogens is 174 g/mol. The zero-order valence-electron chi connectivity index (χ0n) is 7.37. The Labute approximate surface area is 75.8 Å². The summed E-state index contributed by atoms with van der Waals surface area (Å²) in [6.07, 6.45) is 4.22. The molecule has 0 amide bonds. The summed E-state index contributed by atoms with van der Waals surface area (Å²) in [6, 6.07) is 0.213. The van der Waals surface area contributed by atoms with Gasteiger partial charge in [-0.25, -0.2) is 0 Å². The fourth-order valence-electron chi connectivity index (χ4n) is 0.715. The van der Waals surface area contributed by atoms with E-state index in [4.69, 9.17) is 0 Å². The minimum Gasteiger partial charge on any atom is -0.768 e. The van der Waals surface area contributed by atoms with Crippen molar-refractivity contribution in [2.45, 2.75) is 19.4 Å². The normalized spacial score (nSPS) is 16.2. The predicted octanol–water partition coefficient (Wildman–Crippen LogP) is 0.933. The van der Waals surface area contributed by atoms with Crippen LogP contribution in [0, 0.1) is 0 Å². The Morgan fingerprint density at radius 3 is 2.75 bits per heavy atom. The Hall–Kier alpha value is -0.450. The van der Waals surface area contributed by atoms with E-state index in [1.807, 2.05) is 14.0 Å². The lowest BCUT2D eigenvalue weighted by Crippen LogP contribution is -2.21. The van der Waals surface area contributed by atoms with Crippen molar-refractivity contribution in [2.24, 2.45) is 0 Å². The van der Waals surface area contributed by atoms with E-state index < -0.39 is 11.1 Å². The van der Waals surface area contributed by atoms with Gasteiger partial charge in [0.2, 0.25) is 0 Å². The van der Waals surface area contributed by atoms with Crippen LogP contribution in [0.2, 0.25) is 0 Å². The standard InChI is InChI=1S/C8H15NO2S/c1-4-8(9-3)6-5-7(2)12(10)11/h5-6,8-9H,2,4H2,1,3H3,(H,10,11)/p-1/b6-5-. The van der Waals surface area contributed by atoms with E-state index in [0.717, 1.165) is 6.42 Å². The second-order valence-corrected chi connectivity index (χ2v) is 3.36. The maximum Gasteiger partial charge on any atom is 0.0247 e. The number of hydrogen-bond acceptors (Lipinski definition) is 3. The molecule has 1 N–H and O–H groups in total. The van der Waals surface area contributed by atoms with Crippen molar-refractivity contribution in [1.82, 2.24) is 5.32 Å². The Bertz CT molecular complexity index is 197. The molecule has 0 aromatic carbocycles. The van der Waals surface area contributed by atoms with Crippen LogP contribution in [0.25, 0.3) is 0 Å². The number of rotatable bonds is 5. The molecule has 3 nitrogen and oxygen atoms in total. The first-order valence-corrected chi connectivity index (χ1v) is 4.83. The summed E-state index contributed by atoms with van der Waals surface area (Å²) in [5.41, 5.74) is 0. The lowest BCUT2D eigenvalue weighted by molar-refractivity contribution is 0.544. The maximum absolute atomic E-state index is 10.3. The van der Waals surface area contributed by atoms with Crippen molar-refractivity contribution in [3.05, 3.63) is 23.6 Å². The van der Waals surface area contributed by atoms with Gasteiger partial charge < -0.3 is 9.87 Å². The smallest absolute Gasteiger partial charge is 0.0247 e. The Kier molecular flexibility index (Phi) is 5.88. The van der Waals surface area contributed by atoms with Crippen LogP contribution in [0.5, 0.6) is 0 Å². The average Bonchev–Trinajstić information content (AvgIpc) is 2.05. The van der Waals surface area contributed by atoms with Crippen LogP contribution in [0.4, 0.5) is 0 Å². The van der Waals surface area contributed by atoms with E-state index in [0.29, 0.717) is 0 Å². The molecule has 0 aromatic heterocycles. The van der Waals surface area contributed by atoms with Gasteiger partial charge in [0.15, 0.2) is 0 Å². The summed E-state index contributed by atoms with van der Waals surface area (Å²) in [5.74, 6) is 0. The number of likely N-dealkylation sites (N-methyl/N-ethyl adjacent to an activating group) is 1. The van der Waals surface area contributed by atoms with Crippen molar-refractivity contribution in [2.75, 3.05) is 7.05 Å². The minimum absolute atomic E-state index is 0.115. The summed E-state index contributed by atoms with van der Waals surface area (Å²) in [5, 5.41) is 3.02. The molecule has 0 aliphatic rings. The lowest BCUT2D eigenvalue weighted by Gasteiger charge is -2.08. The molecule has 0 heterocycles. The largest absolute Gasteiger partial charge is 0.768 e. The van der Waals surface area contributed by atoms with Crippen LogP contribution in [0.3, 0.4) is 0 Å². The SMILES string of the molecule is C=C(/C=C\C(CC)NC)S(=O)[O-]. The highest BCUT2D eigenvalue weighted by atomic mass is 32.2. The van der Waals surface area contributed by atoms with E-state index in [2.05, 4.69) is 11.9 Å². The highest BCUT2D eigenvalue weighted by Crippen LogP contribution is 2.00. The fraction of sp³-hybridized carbons (Fsp3) is 0.500. The first kappa shape index (κ1) is 11.6. The van der Waals surface area contributed by atoms with Gasteiger partial charge in [0.25, 0.3) is 0 Å². The monoisotopic (exact) mass is 188 g/mol. The van der Waals surface area contributed by atoms with Gasteiger partial charge >= 0.3 is 0 Å². The molecule has 0 fully saturated rings. The second kappa shape index (κ2) is 6.11. The highest BCUT2D eigenvalue weighted by molar-refractivity contribution is 7.83. The maximum atomic E-state index is 10.3. The van der Waals surface area contributed by atoms with Crippen LogP contribution in [0.1, 0.15) is 13.3 Å². The molecule has 0 aliphatic carbocycles. The third-order valence-electron chi connectivity index (χ3n) is 1.54. The van der Waals surface area contributed by atoms with Crippen LogP contribution < -0.4 is 5.32 Å². The molecule has 0 bridgehead atoms. The van der Waals surface area contributed by atoms with Crippen molar-refractivity contribution < 1.29 is 8.76 Å². The zero-order chi connectivity index (χ0) is 9.56. The first-order chi connectivity index (χ1) is 5.61. The molecular formula is C8H14NO2S-. The average molecular weight is 188 g/mol. The van der Waals surface area contributed by atoms with E-state index in [-0.39, 0.29) is 10.9 Å². The Balaban J connectivity index is 4.04. The summed E-state index contributed by atoms with van der Waals surface area (Å²) < 4.78 is 20.6. The molecule has 0 saturated carbocycles. The minimum atomic E-state index is -2.19. The van der Waals surface area contributed by atoms with Crippen LogP contribution in [-0.4, -0.2) is 21.9 Å². The van der Waals surface area contributed by atoms with E-state index in [1.54, 1.807) is 6.08 Å². The van der Waals surface area contributed by atoms with Gasteiger partial charge in [-0.1, -0.05) is 25.7 Å². The van der Waals surface area contributed by atoms with Gasteiger partial charge in [0.1, 0.15) is 0 Å². The third kappa shape index (κ3) is 4.43. The van der Waals surface area contributed by atoms with Gasteiger partial charge in [0.05, 0.1) is 0 Å². The van der Waals surface area contributed by atoms with Crippen LogP contribution >= 0.6 is 0 Å². The topological polar surface area (TPSA) is 52.2 Å². The van der Waals surface area contributed by atoms with Crippen LogP contribution in [0.15, 0.2) is 23.6 Å². The van der Waals surface area contributed by atoms with Gasteiger partial charge in [-0.05, 0) is 24.5 Å². The van der Waals surface area contributed by atoms with Gasteiger partial charge in [-0.2, -0.15) is 0 Å². The van der Waals surface area contributed by atoms with Crippen molar-refractivity contribution in [3.63, 3.8) is 0 Å². The summed E-state index contributed by atoms with van der Waals surface area (Å²) in [6.45, 7) is 5.38. The second-order valence-electron chi connectivity index (χ2n) is 2.36. The molecule has 4 heteroatoms. The van der Waals surface area contributed by atoms with Gasteiger partial charge in [-0.3, -0.25) is 4.21 Å². The van der Waals surface area contributed by atoms with Crippen LogP contribution in [-0.2, 0) is 11.1 Å². The summed E-state index contributed by atoms with van der Waals surface area (Å²) in [4.78, 5) is 0.115. The summed E-state index contributed by atoms with van der Waals surface area (Å²) in [7, 11) is 1.83. The Morgan fingerprint density at radius 1 is 1.83 bits per heavy atom. The molecule has 0 radical (unpaired) electrons. The predicted molar refractivity (Wildman–Crippen MR) is 50.3 cm³/mol. The van der Waals surface area contributed by atoms with Crippen molar-refractivity contribution in [1.29, 1.82) is 0 Å². The van der Waals surface area contributed by atoms with Crippen molar-refractivity contribution >= 4 is 11.1 Å². The molecule has 70 valence electrons. The molecule has 2 unspecified atom stereocenters. The molecule has 0 rings (SSSR count). The lowest BCUT2D eigenvalue weighted by atomic mass is 10.2. The quantitative estimate of drug-likeness (QED) is 0.516. The molecule has 0 saturated heterocycles. The summed E-state index contributed by atoms with van der Waals surface area (Å²) >= 11 is -2.19. The van der Waals surface area contributed by atoms with Crippen molar-refractivity contribution in [3.8, 4) is 0 Å². The van der Waals surface area contributed by atoms with E-state index in [9.17, 15) is 8.76 Å². The molecule has 0 aliphatic heterocycles. The Morgan fingerprint density at radius 2 is 2.42 bits per heavy atom. The number of nitrogens with one attached hydrogen (secondary N) is 1.